The lowest BCUT2D eigenvalue weighted by molar-refractivity contribution is 0.132. The molecule has 0 saturated carbocycles. The van der Waals surface area contributed by atoms with E-state index in [4.69, 9.17) is 5.11 Å². The van der Waals surface area contributed by atoms with Gasteiger partial charge in [0.2, 0.25) is 0 Å². The third-order valence-electron chi connectivity index (χ3n) is 2.65. The number of aliphatic hydroxyl groups is 1. The standard InChI is InChI=1S/C11H20N2O/c1-3-4-11(2)13-7-5-12(6-8-13)9-10-14/h3-4,14H,1,5-10H2,2H3. The quantitative estimate of drug-likeness (QED) is 0.670. The molecule has 0 aliphatic carbocycles. The summed E-state index contributed by atoms with van der Waals surface area (Å²) in [5.74, 6) is 0. The minimum atomic E-state index is 0.265. The van der Waals surface area contributed by atoms with Crippen LogP contribution in [0.25, 0.3) is 0 Å². The van der Waals surface area contributed by atoms with Crippen molar-refractivity contribution in [2.45, 2.75) is 6.92 Å². The second-order valence-corrected chi connectivity index (χ2v) is 3.60. The van der Waals surface area contributed by atoms with E-state index in [1.54, 1.807) is 0 Å². The SMILES string of the molecule is C=CC=C(C)N1CCN(CCO)CC1. The van der Waals surface area contributed by atoms with Crippen LogP contribution in [-0.4, -0.2) is 54.2 Å². The van der Waals surface area contributed by atoms with Gasteiger partial charge in [0, 0.05) is 38.4 Å². The molecular weight excluding hydrogens is 176 g/mol. The lowest BCUT2D eigenvalue weighted by Gasteiger charge is -2.36. The topological polar surface area (TPSA) is 26.7 Å². The van der Waals surface area contributed by atoms with Gasteiger partial charge in [-0.1, -0.05) is 12.7 Å². The monoisotopic (exact) mass is 196 g/mol. The Kier molecular flexibility index (Phi) is 4.70. The summed E-state index contributed by atoms with van der Waals surface area (Å²) in [6.07, 6.45) is 3.87. The van der Waals surface area contributed by atoms with Crippen molar-refractivity contribution < 1.29 is 5.11 Å². The maximum Gasteiger partial charge on any atom is 0.0558 e. The van der Waals surface area contributed by atoms with Gasteiger partial charge in [0.05, 0.1) is 6.61 Å². The van der Waals surface area contributed by atoms with E-state index >= 15 is 0 Å². The van der Waals surface area contributed by atoms with Crippen molar-refractivity contribution in [1.82, 2.24) is 9.80 Å². The Labute approximate surface area is 86.3 Å². The highest BCUT2D eigenvalue weighted by Crippen LogP contribution is 2.08. The van der Waals surface area contributed by atoms with E-state index in [1.165, 1.54) is 5.70 Å². The smallest absolute Gasteiger partial charge is 0.0558 e. The second-order valence-electron chi connectivity index (χ2n) is 3.60. The first-order valence-corrected chi connectivity index (χ1v) is 5.15. The van der Waals surface area contributed by atoms with Crippen LogP contribution in [0.2, 0.25) is 0 Å². The molecule has 14 heavy (non-hydrogen) atoms. The van der Waals surface area contributed by atoms with Crippen LogP contribution in [-0.2, 0) is 0 Å². The molecule has 0 spiro atoms. The highest BCUT2D eigenvalue weighted by Gasteiger charge is 2.15. The van der Waals surface area contributed by atoms with Crippen molar-refractivity contribution in [3.05, 3.63) is 24.4 Å². The highest BCUT2D eigenvalue weighted by atomic mass is 16.3. The predicted octanol–water partition coefficient (Wildman–Crippen LogP) is 0.686. The lowest BCUT2D eigenvalue weighted by atomic mass is 10.2. The first-order chi connectivity index (χ1) is 6.77. The molecule has 0 atom stereocenters. The van der Waals surface area contributed by atoms with E-state index in [-0.39, 0.29) is 6.61 Å². The summed E-state index contributed by atoms with van der Waals surface area (Å²) in [4.78, 5) is 4.65. The summed E-state index contributed by atoms with van der Waals surface area (Å²) in [6.45, 7) is 11.1. The summed E-state index contributed by atoms with van der Waals surface area (Å²) >= 11 is 0. The summed E-state index contributed by atoms with van der Waals surface area (Å²) in [7, 11) is 0. The normalized spacial score (nSPS) is 19.9. The van der Waals surface area contributed by atoms with Crippen molar-refractivity contribution >= 4 is 0 Å². The molecule has 80 valence electrons. The number of piperazine rings is 1. The molecular formula is C11H20N2O. The molecule has 0 amide bonds. The first-order valence-electron chi connectivity index (χ1n) is 5.15. The van der Waals surface area contributed by atoms with Crippen LogP contribution in [0.1, 0.15) is 6.92 Å². The Morgan fingerprint density at radius 1 is 1.36 bits per heavy atom. The van der Waals surface area contributed by atoms with Crippen LogP contribution in [0.5, 0.6) is 0 Å². The molecule has 0 aromatic carbocycles. The molecule has 3 nitrogen and oxygen atoms in total. The van der Waals surface area contributed by atoms with Gasteiger partial charge in [0.25, 0.3) is 0 Å². The van der Waals surface area contributed by atoms with Gasteiger partial charge in [0.15, 0.2) is 0 Å². The second kappa shape index (κ2) is 5.83. The number of β-amino-alcohol motifs (C(OH)–C–C–N with tert-alkyl or cyclic N) is 1. The maximum absolute atomic E-state index is 8.80. The molecule has 1 N–H and O–H groups in total. The van der Waals surface area contributed by atoms with Crippen molar-refractivity contribution in [2.75, 3.05) is 39.3 Å². The zero-order valence-corrected chi connectivity index (χ0v) is 8.95. The molecule has 3 heteroatoms. The van der Waals surface area contributed by atoms with Gasteiger partial charge in [0.1, 0.15) is 0 Å². The van der Waals surface area contributed by atoms with Crippen molar-refractivity contribution in [2.24, 2.45) is 0 Å². The van der Waals surface area contributed by atoms with Crippen molar-refractivity contribution in [3.8, 4) is 0 Å². The van der Waals surface area contributed by atoms with E-state index in [0.29, 0.717) is 0 Å². The molecule has 1 fully saturated rings. The Morgan fingerprint density at radius 2 is 2.00 bits per heavy atom. The predicted molar refractivity (Wildman–Crippen MR) is 59.1 cm³/mol. The fourth-order valence-electron chi connectivity index (χ4n) is 1.74. The summed E-state index contributed by atoms with van der Waals surface area (Å²) in [5, 5.41) is 8.80. The molecule has 1 saturated heterocycles. The third-order valence-corrected chi connectivity index (χ3v) is 2.65. The van der Waals surface area contributed by atoms with Gasteiger partial charge in [-0.3, -0.25) is 4.90 Å². The van der Waals surface area contributed by atoms with Crippen LogP contribution in [0.15, 0.2) is 24.4 Å². The Morgan fingerprint density at radius 3 is 2.50 bits per heavy atom. The molecule has 1 aliphatic rings. The fourth-order valence-corrected chi connectivity index (χ4v) is 1.74. The van der Waals surface area contributed by atoms with E-state index in [2.05, 4.69) is 23.3 Å². The maximum atomic E-state index is 8.80. The molecule has 0 aromatic heterocycles. The van der Waals surface area contributed by atoms with Crippen molar-refractivity contribution in [3.63, 3.8) is 0 Å². The van der Waals surface area contributed by atoms with Gasteiger partial charge >= 0.3 is 0 Å². The highest BCUT2D eigenvalue weighted by molar-refractivity contribution is 5.07. The van der Waals surface area contributed by atoms with Gasteiger partial charge in [-0.2, -0.15) is 0 Å². The molecule has 0 radical (unpaired) electrons. The van der Waals surface area contributed by atoms with Gasteiger partial charge in [-0.25, -0.2) is 0 Å². The third kappa shape index (κ3) is 3.16. The summed E-state index contributed by atoms with van der Waals surface area (Å²) in [5.41, 5.74) is 1.28. The molecule has 1 heterocycles. The molecule has 0 aromatic rings. The minimum Gasteiger partial charge on any atom is -0.395 e. The number of hydrogen-bond donors (Lipinski definition) is 1. The molecule has 0 unspecified atom stereocenters. The number of hydrogen-bond acceptors (Lipinski definition) is 3. The van der Waals surface area contributed by atoms with Gasteiger partial charge in [-0.05, 0) is 13.0 Å². The zero-order chi connectivity index (χ0) is 10.4. The van der Waals surface area contributed by atoms with E-state index in [1.807, 2.05) is 12.2 Å². The number of aliphatic hydroxyl groups excluding tert-OH is 1. The molecule has 0 bridgehead atoms. The number of allylic oxidation sites excluding steroid dienone is 3. The van der Waals surface area contributed by atoms with Crippen LogP contribution < -0.4 is 0 Å². The Bertz CT molecular complexity index is 205. The van der Waals surface area contributed by atoms with E-state index in [0.717, 1.165) is 32.7 Å². The van der Waals surface area contributed by atoms with E-state index < -0.39 is 0 Å². The zero-order valence-electron chi connectivity index (χ0n) is 8.95. The minimum absolute atomic E-state index is 0.265. The number of nitrogens with zero attached hydrogens (tertiary/aromatic N) is 2. The summed E-state index contributed by atoms with van der Waals surface area (Å²) in [6, 6.07) is 0. The Hall–Kier alpha value is -0.800. The largest absolute Gasteiger partial charge is 0.395 e. The first kappa shape index (κ1) is 11.3. The average Bonchev–Trinajstić information content (AvgIpc) is 2.20. The average molecular weight is 196 g/mol. The lowest BCUT2D eigenvalue weighted by Crippen LogP contribution is -2.46. The summed E-state index contributed by atoms with van der Waals surface area (Å²) < 4.78 is 0. The van der Waals surface area contributed by atoms with E-state index in [9.17, 15) is 0 Å². The molecule has 1 aliphatic heterocycles. The van der Waals surface area contributed by atoms with Crippen LogP contribution in [0, 0.1) is 0 Å². The van der Waals surface area contributed by atoms with Crippen LogP contribution >= 0.6 is 0 Å². The van der Waals surface area contributed by atoms with Gasteiger partial charge in [-0.15, -0.1) is 0 Å². The Balaban J connectivity index is 2.35. The van der Waals surface area contributed by atoms with Crippen molar-refractivity contribution in [1.29, 1.82) is 0 Å². The van der Waals surface area contributed by atoms with Gasteiger partial charge < -0.3 is 10.0 Å². The fraction of sp³-hybridized carbons (Fsp3) is 0.636. The van der Waals surface area contributed by atoms with Crippen LogP contribution in [0.4, 0.5) is 0 Å². The van der Waals surface area contributed by atoms with Crippen LogP contribution in [0.3, 0.4) is 0 Å². The molecule has 1 rings (SSSR count). The number of rotatable bonds is 4.